The predicted octanol–water partition coefficient (Wildman–Crippen LogP) is 1.39. The van der Waals surface area contributed by atoms with Gasteiger partial charge in [-0.1, -0.05) is 12.1 Å². The molecule has 3 heterocycles. The summed E-state index contributed by atoms with van der Waals surface area (Å²) < 4.78 is 14.5. The molecule has 1 atom stereocenters. The Morgan fingerprint density at radius 3 is 3.00 bits per heavy atom. The molecule has 4 rings (SSSR count). The quantitative estimate of drug-likeness (QED) is 0.692. The van der Waals surface area contributed by atoms with E-state index in [-0.39, 0.29) is 18.4 Å². The van der Waals surface area contributed by atoms with Crippen LogP contribution in [0.1, 0.15) is 18.3 Å². The van der Waals surface area contributed by atoms with Gasteiger partial charge in [0.1, 0.15) is 11.4 Å². The SMILES string of the molecule is CNC(=O)Cc1nc(-c2cnn(-c3ccccc3OC)c2)n(C2CCOC2)n1. The molecule has 0 spiro atoms. The fraction of sp³-hybridized carbons (Fsp3) is 0.368. The molecular formula is C19H22N6O3. The Labute approximate surface area is 162 Å². The third-order valence-electron chi connectivity index (χ3n) is 4.70. The number of likely N-dealkylation sites (N-methyl/N-ethyl adjacent to an activating group) is 1. The molecule has 1 unspecified atom stereocenters. The van der Waals surface area contributed by atoms with Crippen molar-refractivity contribution in [1.82, 2.24) is 29.9 Å². The van der Waals surface area contributed by atoms with Gasteiger partial charge in [0.2, 0.25) is 5.91 Å². The maximum Gasteiger partial charge on any atom is 0.227 e. The van der Waals surface area contributed by atoms with Crippen LogP contribution in [0.2, 0.25) is 0 Å². The van der Waals surface area contributed by atoms with Crippen molar-refractivity contribution in [1.29, 1.82) is 0 Å². The van der Waals surface area contributed by atoms with E-state index >= 15 is 0 Å². The van der Waals surface area contributed by atoms with Gasteiger partial charge >= 0.3 is 0 Å². The zero-order valence-electron chi connectivity index (χ0n) is 15.8. The Morgan fingerprint density at radius 2 is 2.25 bits per heavy atom. The number of aromatic nitrogens is 5. The largest absolute Gasteiger partial charge is 0.494 e. The molecule has 3 aromatic rings. The molecule has 1 amide bonds. The van der Waals surface area contributed by atoms with Crippen molar-refractivity contribution in [2.75, 3.05) is 27.4 Å². The fourth-order valence-corrected chi connectivity index (χ4v) is 3.23. The van der Waals surface area contributed by atoms with Gasteiger partial charge in [-0.25, -0.2) is 14.3 Å². The standard InChI is InChI=1S/C19H22N6O3/c1-20-18(26)9-17-22-19(25(23-17)14-7-8-28-12-14)13-10-21-24(11-13)15-5-3-4-6-16(15)27-2/h3-6,10-11,14H,7-9,12H2,1-2H3,(H,20,26). The number of amides is 1. The van der Waals surface area contributed by atoms with E-state index in [4.69, 9.17) is 9.47 Å². The Balaban J connectivity index is 1.72. The number of rotatable bonds is 6. The van der Waals surface area contributed by atoms with Crippen LogP contribution < -0.4 is 10.1 Å². The van der Waals surface area contributed by atoms with E-state index in [0.29, 0.717) is 24.9 Å². The number of hydrogen-bond acceptors (Lipinski definition) is 6. The highest BCUT2D eigenvalue weighted by Crippen LogP contribution is 2.28. The first kappa shape index (κ1) is 18.2. The minimum Gasteiger partial charge on any atom is -0.494 e. The molecule has 1 fully saturated rings. The van der Waals surface area contributed by atoms with Gasteiger partial charge in [-0.2, -0.15) is 10.2 Å². The molecule has 1 aromatic carbocycles. The van der Waals surface area contributed by atoms with Crippen molar-refractivity contribution in [3.05, 3.63) is 42.5 Å². The summed E-state index contributed by atoms with van der Waals surface area (Å²) in [5.74, 6) is 1.75. The van der Waals surface area contributed by atoms with Crippen molar-refractivity contribution in [3.8, 4) is 22.8 Å². The fourth-order valence-electron chi connectivity index (χ4n) is 3.23. The summed E-state index contributed by atoms with van der Waals surface area (Å²) in [6.07, 6.45) is 4.62. The number of methoxy groups -OCH3 is 1. The average Bonchev–Trinajstić information content (AvgIpc) is 3.47. The molecule has 0 aliphatic carbocycles. The van der Waals surface area contributed by atoms with Crippen LogP contribution in [-0.2, 0) is 16.0 Å². The number of nitrogens with zero attached hydrogens (tertiary/aromatic N) is 5. The number of carbonyl (C=O) groups excluding carboxylic acids is 1. The van der Waals surface area contributed by atoms with E-state index in [2.05, 4.69) is 20.5 Å². The number of ether oxygens (including phenoxy) is 2. The number of benzene rings is 1. The van der Waals surface area contributed by atoms with E-state index in [1.165, 1.54) is 0 Å². The monoisotopic (exact) mass is 382 g/mol. The van der Waals surface area contributed by atoms with Crippen molar-refractivity contribution >= 4 is 5.91 Å². The van der Waals surface area contributed by atoms with E-state index in [0.717, 1.165) is 23.4 Å². The van der Waals surface area contributed by atoms with Crippen LogP contribution >= 0.6 is 0 Å². The van der Waals surface area contributed by atoms with Gasteiger partial charge in [0.15, 0.2) is 11.6 Å². The smallest absolute Gasteiger partial charge is 0.227 e. The Kier molecular flexibility index (Phi) is 5.07. The first-order valence-corrected chi connectivity index (χ1v) is 9.11. The maximum absolute atomic E-state index is 11.8. The van der Waals surface area contributed by atoms with Crippen LogP contribution in [0.3, 0.4) is 0 Å². The van der Waals surface area contributed by atoms with Gasteiger partial charge in [0.05, 0.1) is 37.9 Å². The molecule has 0 radical (unpaired) electrons. The Morgan fingerprint density at radius 1 is 1.39 bits per heavy atom. The number of nitrogens with one attached hydrogen (secondary N) is 1. The first-order chi connectivity index (χ1) is 13.7. The lowest BCUT2D eigenvalue weighted by Crippen LogP contribution is -2.21. The third-order valence-corrected chi connectivity index (χ3v) is 4.70. The lowest BCUT2D eigenvalue weighted by Gasteiger charge is -2.10. The molecule has 9 heteroatoms. The number of hydrogen-bond donors (Lipinski definition) is 1. The highest BCUT2D eigenvalue weighted by molar-refractivity contribution is 5.77. The molecule has 0 saturated carbocycles. The molecule has 1 aliphatic heterocycles. The Hall–Kier alpha value is -3.20. The van der Waals surface area contributed by atoms with Gasteiger partial charge < -0.3 is 14.8 Å². The van der Waals surface area contributed by atoms with Gasteiger partial charge in [-0.05, 0) is 18.6 Å². The summed E-state index contributed by atoms with van der Waals surface area (Å²) >= 11 is 0. The lowest BCUT2D eigenvalue weighted by molar-refractivity contribution is -0.120. The molecule has 28 heavy (non-hydrogen) atoms. The van der Waals surface area contributed by atoms with Crippen LogP contribution in [0.25, 0.3) is 17.1 Å². The predicted molar refractivity (Wildman–Crippen MR) is 101 cm³/mol. The number of para-hydroxylation sites is 2. The third kappa shape index (κ3) is 3.48. The molecule has 1 saturated heterocycles. The topological polar surface area (TPSA) is 96.1 Å². The second-order valence-electron chi connectivity index (χ2n) is 6.51. The van der Waals surface area contributed by atoms with Crippen molar-refractivity contribution < 1.29 is 14.3 Å². The average molecular weight is 382 g/mol. The summed E-state index contributed by atoms with van der Waals surface area (Å²) in [6, 6.07) is 7.75. The second-order valence-corrected chi connectivity index (χ2v) is 6.51. The molecular weight excluding hydrogens is 360 g/mol. The summed E-state index contributed by atoms with van der Waals surface area (Å²) in [5.41, 5.74) is 1.64. The molecule has 0 bridgehead atoms. The van der Waals surface area contributed by atoms with Crippen LogP contribution in [0, 0.1) is 0 Å². The highest BCUT2D eigenvalue weighted by Gasteiger charge is 2.25. The summed E-state index contributed by atoms with van der Waals surface area (Å²) in [4.78, 5) is 16.4. The molecule has 1 N–H and O–H groups in total. The van der Waals surface area contributed by atoms with E-state index < -0.39 is 0 Å². The van der Waals surface area contributed by atoms with Gasteiger partial charge in [0.25, 0.3) is 0 Å². The summed E-state index contributed by atoms with van der Waals surface area (Å²) in [5, 5.41) is 11.7. The maximum atomic E-state index is 11.8. The van der Waals surface area contributed by atoms with E-state index in [1.807, 2.05) is 35.1 Å². The van der Waals surface area contributed by atoms with Crippen LogP contribution in [-0.4, -0.2) is 57.8 Å². The molecule has 2 aromatic heterocycles. The van der Waals surface area contributed by atoms with Gasteiger partial charge in [-0.15, -0.1) is 0 Å². The zero-order valence-corrected chi connectivity index (χ0v) is 15.8. The van der Waals surface area contributed by atoms with Crippen molar-refractivity contribution in [3.63, 3.8) is 0 Å². The van der Waals surface area contributed by atoms with E-state index in [1.54, 1.807) is 25.0 Å². The van der Waals surface area contributed by atoms with Gasteiger partial charge in [-0.3, -0.25) is 4.79 Å². The first-order valence-electron chi connectivity index (χ1n) is 9.11. The van der Waals surface area contributed by atoms with Crippen molar-refractivity contribution in [2.24, 2.45) is 0 Å². The zero-order chi connectivity index (χ0) is 19.5. The normalized spacial score (nSPS) is 16.3. The summed E-state index contributed by atoms with van der Waals surface area (Å²) in [6.45, 7) is 1.27. The number of carbonyl (C=O) groups is 1. The highest BCUT2D eigenvalue weighted by atomic mass is 16.5. The lowest BCUT2D eigenvalue weighted by atomic mass is 10.2. The van der Waals surface area contributed by atoms with Crippen LogP contribution in [0.5, 0.6) is 5.75 Å². The molecule has 9 nitrogen and oxygen atoms in total. The van der Waals surface area contributed by atoms with Crippen molar-refractivity contribution in [2.45, 2.75) is 18.9 Å². The Bertz CT molecular complexity index is 974. The minimum absolute atomic E-state index is 0.0931. The molecule has 146 valence electrons. The van der Waals surface area contributed by atoms with Crippen LogP contribution in [0.15, 0.2) is 36.7 Å². The minimum atomic E-state index is -0.129. The summed E-state index contributed by atoms with van der Waals surface area (Å²) in [7, 11) is 3.23. The van der Waals surface area contributed by atoms with Gasteiger partial charge in [0, 0.05) is 19.9 Å². The second kappa shape index (κ2) is 7.81. The van der Waals surface area contributed by atoms with Crippen LogP contribution in [0.4, 0.5) is 0 Å². The molecule has 1 aliphatic rings. The van der Waals surface area contributed by atoms with E-state index in [9.17, 15) is 4.79 Å².